The first-order valence-corrected chi connectivity index (χ1v) is 14.0. The number of carbonyl (C=O) groups is 3. The molecule has 0 atom stereocenters. The summed E-state index contributed by atoms with van der Waals surface area (Å²) in [6, 6.07) is 18.3. The second-order valence-electron chi connectivity index (χ2n) is 10.5. The van der Waals surface area contributed by atoms with Crippen molar-refractivity contribution < 1.29 is 27.9 Å². The number of halogens is 1. The zero-order chi connectivity index (χ0) is 30.9. The number of anilines is 1. The smallest absolute Gasteiger partial charge is 0.338 e. The van der Waals surface area contributed by atoms with Crippen LogP contribution in [0, 0.1) is 11.7 Å². The zero-order valence-electron chi connectivity index (χ0n) is 24.3. The Morgan fingerprint density at radius 3 is 2.30 bits per heavy atom. The highest BCUT2D eigenvalue weighted by molar-refractivity contribution is 5.94. The molecule has 43 heavy (non-hydrogen) atoms. The summed E-state index contributed by atoms with van der Waals surface area (Å²) in [4.78, 5) is 55.1. The molecule has 0 aliphatic heterocycles. The van der Waals surface area contributed by atoms with Gasteiger partial charge in [0, 0.05) is 18.8 Å². The van der Waals surface area contributed by atoms with Crippen molar-refractivity contribution in [2.45, 2.75) is 33.9 Å². The Morgan fingerprint density at radius 2 is 1.63 bits per heavy atom. The van der Waals surface area contributed by atoms with Gasteiger partial charge >= 0.3 is 12.0 Å². The van der Waals surface area contributed by atoms with E-state index in [2.05, 4.69) is 5.32 Å². The van der Waals surface area contributed by atoms with E-state index in [1.54, 1.807) is 67.6 Å². The Balaban J connectivity index is 1.56. The molecule has 0 saturated carbocycles. The maximum atomic E-state index is 13.8. The summed E-state index contributed by atoms with van der Waals surface area (Å²) in [5.41, 5.74) is 1.89. The topological polar surface area (TPSA) is 109 Å². The Labute approximate surface area is 248 Å². The van der Waals surface area contributed by atoms with Crippen molar-refractivity contribution in [2.75, 3.05) is 25.0 Å². The van der Waals surface area contributed by atoms with E-state index >= 15 is 0 Å². The summed E-state index contributed by atoms with van der Waals surface area (Å²) in [6.07, 6.45) is 1.34. The van der Waals surface area contributed by atoms with Crippen molar-refractivity contribution in [3.05, 3.63) is 112 Å². The third kappa shape index (κ3) is 8.28. The molecule has 10 heteroatoms. The first-order valence-electron chi connectivity index (χ1n) is 14.0. The monoisotopic (exact) mass is 587 g/mol. The van der Waals surface area contributed by atoms with Gasteiger partial charge in [-0.3, -0.25) is 9.59 Å². The van der Waals surface area contributed by atoms with Crippen LogP contribution in [0.2, 0.25) is 0 Å². The van der Waals surface area contributed by atoms with Crippen molar-refractivity contribution in [2.24, 2.45) is 5.92 Å². The summed E-state index contributed by atoms with van der Waals surface area (Å²) < 4.78 is 24.2. The first-order chi connectivity index (χ1) is 20.6. The summed E-state index contributed by atoms with van der Waals surface area (Å²) in [7, 11) is 0. The van der Waals surface area contributed by atoms with Gasteiger partial charge in [0.25, 0.3) is 0 Å². The van der Waals surface area contributed by atoms with Gasteiger partial charge in [0.05, 0.1) is 35.9 Å². The number of para-hydroxylation sites is 1. The Morgan fingerprint density at radius 1 is 0.930 bits per heavy atom. The molecule has 0 unspecified atom stereocenters. The third-order valence-electron chi connectivity index (χ3n) is 6.60. The van der Waals surface area contributed by atoms with Crippen LogP contribution >= 0.6 is 0 Å². The number of carbonyl (C=O) groups excluding carboxylic acids is 3. The molecule has 0 radical (unpaired) electrons. The minimum Gasteiger partial charge on any atom is -0.464 e. The molecule has 1 N–H and O–H groups in total. The minimum atomic E-state index is -0.502. The maximum Gasteiger partial charge on any atom is 0.338 e. The molecule has 0 fully saturated rings. The van der Waals surface area contributed by atoms with Gasteiger partial charge in [-0.25, -0.2) is 14.0 Å². The van der Waals surface area contributed by atoms with Crippen molar-refractivity contribution in [3.63, 3.8) is 0 Å². The van der Waals surface area contributed by atoms with Crippen LogP contribution in [-0.4, -0.2) is 47.4 Å². The second-order valence-corrected chi connectivity index (χ2v) is 10.5. The summed E-state index contributed by atoms with van der Waals surface area (Å²) >= 11 is 0. The van der Waals surface area contributed by atoms with Crippen LogP contribution in [0.3, 0.4) is 0 Å². The average Bonchev–Trinajstić information content (AvgIpc) is 2.99. The number of urea groups is 1. The molecule has 1 aromatic heterocycles. The second kappa shape index (κ2) is 14.3. The fourth-order valence-electron chi connectivity index (χ4n) is 4.51. The lowest BCUT2D eigenvalue weighted by Gasteiger charge is -2.29. The van der Waals surface area contributed by atoms with E-state index in [9.17, 15) is 23.6 Å². The number of fused-ring (bicyclic) bond motifs is 1. The summed E-state index contributed by atoms with van der Waals surface area (Å²) in [5, 5.41) is 3.17. The molecule has 0 saturated heterocycles. The van der Waals surface area contributed by atoms with Crippen LogP contribution in [-0.2, 0) is 22.6 Å². The predicted octanol–water partition coefficient (Wildman–Crippen LogP) is 5.83. The molecule has 9 nitrogen and oxygen atoms in total. The fraction of sp³-hybridized carbons (Fsp3) is 0.273. The molecule has 0 bridgehead atoms. The van der Waals surface area contributed by atoms with E-state index < -0.39 is 23.7 Å². The zero-order valence-corrected chi connectivity index (χ0v) is 24.3. The largest absolute Gasteiger partial charge is 0.464 e. The van der Waals surface area contributed by atoms with E-state index in [1.165, 1.54) is 28.2 Å². The molecular weight excluding hydrogens is 553 g/mol. The fourth-order valence-corrected chi connectivity index (χ4v) is 4.51. The molecule has 224 valence electrons. The number of hydrogen-bond acceptors (Lipinski definition) is 6. The normalized spacial score (nSPS) is 10.9. The quantitative estimate of drug-likeness (QED) is 0.221. The number of benzene rings is 3. The number of rotatable bonds is 11. The van der Waals surface area contributed by atoms with Gasteiger partial charge in [-0.2, -0.15) is 0 Å². The molecule has 3 amide bonds. The van der Waals surface area contributed by atoms with Crippen molar-refractivity contribution in [1.29, 1.82) is 0 Å². The maximum absolute atomic E-state index is 13.8. The van der Waals surface area contributed by atoms with Gasteiger partial charge in [0.15, 0.2) is 5.43 Å². The lowest BCUT2D eigenvalue weighted by atomic mass is 10.1. The van der Waals surface area contributed by atoms with Crippen LogP contribution in [0.25, 0.3) is 11.0 Å². The third-order valence-corrected chi connectivity index (χ3v) is 6.60. The van der Waals surface area contributed by atoms with Gasteiger partial charge in [0.2, 0.25) is 5.91 Å². The van der Waals surface area contributed by atoms with Gasteiger partial charge in [0.1, 0.15) is 17.9 Å². The number of amides is 3. The van der Waals surface area contributed by atoms with E-state index in [0.717, 1.165) is 0 Å². The number of ether oxygens (including phenoxy) is 1. The average molecular weight is 588 g/mol. The molecular formula is C33H34FN3O6. The standard InChI is InChI=1S/C33H34FN3O6/c1-4-42-32(40)24-11-15-27(16-12-24)35-33(41)37(17-22(2)3)20-30(38)36(18-23-9-13-26(34)14-10-23)19-25-21-43-29-8-6-5-7-28(29)31(25)39/h5-16,21-22H,4,17-20H2,1-3H3,(H,35,41). The lowest BCUT2D eigenvalue weighted by Crippen LogP contribution is -2.45. The molecule has 4 aromatic rings. The summed E-state index contributed by atoms with van der Waals surface area (Å²) in [5.74, 6) is -1.24. The molecule has 0 aliphatic rings. The SMILES string of the molecule is CCOC(=O)c1ccc(NC(=O)N(CC(=O)N(Cc2ccc(F)cc2)Cc2coc3ccccc3c2=O)CC(C)C)cc1. The van der Waals surface area contributed by atoms with Gasteiger partial charge in [-0.1, -0.05) is 38.1 Å². The number of nitrogens with one attached hydrogen (secondary N) is 1. The minimum absolute atomic E-state index is 0.0443. The highest BCUT2D eigenvalue weighted by Gasteiger charge is 2.24. The van der Waals surface area contributed by atoms with Crippen molar-refractivity contribution in [3.8, 4) is 0 Å². The molecule has 0 aliphatic carbocycles. The Bertz CT molecular complexity index is 1630. The van der Waals surface area contributed by atoms with Crippen LogP contribution in [0.5, 0.6) is 0 Å². The Hall–Kier alpha value is -4.99. The van der Waals surface area contributed by atoms with E-state index in [0.29, 0.717) is 27.8 Å². The number of esters is 1. The van der Waals surface area contributed by atoms with Crippen molar-refractivity contribution in [1.82, 2.24) is 9.80 Å². The van der Waals surface area contributed by atoms with Crippen LogP contribution in [0.1, 0.15) is 42.3 Å². The predicted molar refractivity (Wildman–Crippen MR) is 161 cm³/mol. The van der Waals surface area contributed by atoms with Crippen LogP contribution < -0.4 is 10.7 Å². The summed E-state index contributed by atoms with van der Waals surface area (Å²) in [6.45, 7) is 5.83. The molecule has 3 aromatic carbocycles. The van der Waals surface area contributed by atoms with E-state index in [4.69, 9.17) is 9.15 Å². The van der Waals surface area contributed by atoms with E-state index in [1.807, 2.05) is 13.8 Å². The number of nitrogens with zero attached hydrogens (tertiary/aromatic N) is 2. The Kier molecular flexibility index (Phi) is 10.3. The van der Waals surface area contributed by atoms with Crippen LogP contribution in [0.4, 0.5) is 14.9 Å². The highest BCUT2D eigenvalue weighted by atomic mass is 19.1. The van der Waals surface area contributed by atoms with Gasteiger partial charge < -0.3 is 24.3 Å². The number of hydrogen-bond donors (Lipinski definition) is 1. The lowest BCUT2D eigenvalue weighted by molar-refractivity contribution is -0.133. The first kappa shape index (κ1) is 31.0. The van der Waals surface area contributed by atoms with E-state index in [-0.39, 0.29) is 49.7 Å². The van der Waals surface area contributed by atoms with Crippen LogP contribution in [0.15, 0.2) is 88.3 Å². The molecule has 0 spiro atoms. The van der Waals surface area contributed by atoms with Gasteiger partial charge in [-0.15, -0.1) is 0 Å². The van der Waals surface area contributed by atoms with Crippen molar-refractivity contribution >= 4 is 34.6 Å². The van der Waals surface area contributed by atoms with Gasteiger partial charge in [-0.05, 0) is 66.9 Å². The highest BCUT2D eigenvalue weighted by Crippen LogP contribution is 2.16. The molecule has 1 heterocycles. The molecule has 4 rings (SSSR count).